The first-order valence-electron chi connectivity index (χ1n) is 2.79. The molecule has 0 bridgehead atoms. The minimum atomic E-state index is -4.06. The van der Waals surface area contributed by atoms with Crippen molar-refractivity contribution in [2.24, 2.45) is 0 Å². The lowest BCUT2D eigenvalue weighted by Gasteiger charge is -1.86. The van der Waals surface area contributed by atoms with Crippen molar-refractivity contribution in [1.82, 2.24) is 0 Å². The quantitative estimate of drug-likeness (QED) is 0.799. The molecular weight excluding hydrogens is 243 g/mol. The summed E-state index contributed by atoms with van der Waals surface area (Å²) in [6.07, 6.45) is 0. The Hall–Kier alpha value is -0.720. The van der Waals surface area contributed by atoms with Gasteiger partial charge in [-0.05, 0) is 11.6 Å². The van der Waals surface area contributed by atoms with E-state index in [1.165, 1.54) is 0 Å². The lowest BCUT2D eigenvalue weighted by atomic mass is 10.5. The van der Waals surface area contributed by atoms with Crippen LogP contribution in [0, 0.1) is 0 Å². The van der Waals surface area contributed by atoms with Crippen molar-refractivity contribution < 1.29 is 22.7 Å². The topological polar surface area (TPSA) is 84.6 Å². The second kappa shape index (κ2) is 3.21. The Morgan fingerprint density at radius 2 is 2.08 bits per heavy atom. The third-order valence-electron chi connectivity index (χ3n) is 1.13. The molecule has 1 N–H and O–H groups in total. The normalized spacial score (nSPS) is 11.5. The van der Waals surface area contributed by atoms with Crippen LogP contribution in [0.4, 0.5) is 0 Å². The van der Waals surface area contributed by atoms with E-state index in [4.69, 9.17) is 27.4 Å². The van der Waals surface area contributed by atoms with Crippen LogP contribution in [0.2, 0.25) is 5.22 Å². The summed E-state index contributed by atoms with van der Waals surface area (Å²) in [6, 6.07) is 0.743. The third kappa shape index (κ3) is 2.15. The molecule has 1 aromatic rings. The number of carboxylic acid groups (broad SMARTS) is 1. The van der Waals surface area contributed by atoms with Crippen molar-refractivity contribution in [2.75, 3.05) is 0 Å². The molecule has 0 unspecified atom stereocenters. The van der Waals surface area contributed by atoms with E-state index in [9.17, 15) is 13.2 Å². The zero-order chi connectivity index (χ0) is 10.2. The SMILES string of the molecule is O=C(O)c1cc(S(=O)(=O)Cl)c(Cl)o1. The number of aromatic carboxylic acids is 1. The second-order valence-corrected chi connectivity index (χ2v) is 4.87. The van der Waals surface area contributed by atoms with Crippen molar-refractivity contribution in [3.05, 3.63) is 17.0 Å². The van der Waals surface area contributed by atoms with Gasteiger partial charge in [-0.15, -0.1) is 0 Å². The van der Waals surface area contributed by atoms with Gasteiger partial charge in [0.25, 0.3) is 9.05 Å². The van der Waals surface area contributed by atoms with Gasteiger partial charge in [-0.2, -0.15) is 0 Å². The summed E-state index contributed by atoms with van der Waals surface area (Å²) in [6.45, 7) is 0. The van der Waals surface area contributed by atoms with E-state index in [0.29, 0.717) is 0 Å². The molecule has 1 rings (SSSR count). The monoisotopic (exact) mass is 244 g/mol. The highest BCUT2D eigenvalue weighted by molar-refractivity contribution is 8.13. The minimum absolute atomic E-state index is 0.548. The van der Waals surface area contributed by atoms with Gasteiger partial charge in [-0.1, -0.05) is 0 Å². The van der Waals surface area contributed by atoms with Gasteiger partial charge in [0.15, 0.2) is 0 Å². The van der Waals surface area contributed by atoms with Crippen molar-refractivity contribution >= 4 is 37.3 Å². The predicted molar refractivity (Wildman–Crippen MR) is 43.7 cm³/mol. The molecule has 0 spiro atoms. The fourth-order valence-corrected chi connectivity index (χ4v) is 2.01. The average molecular weight is 245 g/mol. The molecule has 0 aliphatic rings. The van der Waals surface area contributed by atoms with Crippen molar-refractivity contribution in [2.45, 2.75) is 4.90 Å². The van der Waals surface area contributed by atoms with Crippen molar-refractivity contribution in [3.8, 4) is 0 Å². The van der Waals surface area contributed by atoms with Gasteiger partial charge in [-0.3, -0.25) is 0 Å². The Bertz CT molecular complexity index is 445. The number of hydrogen-bond donors (Lipinski definition) is 1. The first kappa shape index (κ1) is 10.4. The van der Waals surface area contributed by atoms with Crippen LogP contribution in [0.5, 0.6) is 0 Å². The highest BCUT2D eigenvalue weighted by Gasteiger charge is 2.22. The zero-order valence-electron chi connectivity index (χ0n) is 5.82. The number of carbonyl (C=O) groups is 1. The molecule has 0 fully saturated rings. The van der Waals surface area contributed by atoms with Gasteiger partial charge in [0.2, 0.25) is 11.0 Å². The molecule has 1 heterocycles. The van der Waals surface area contributed by atoms with Gasteiger partial charge in [0, 0.05) is 16.7 Å². The number of rotatable bonds is 2. The van der Waals surface area contributed by atoms with E-state index in [-0.39, 0.29) is 0 Å². The first-order valence-corrected chi connectivity index (χ1v) is 5.48. The molecular formula is C5H2Cl2O5S. The van der Waals surface area contributed by atoms with E-state index in [0.717, 1.165) is 6.07 Å². The number of halogens is 2. The molecule has 0 aliphatic heterocycles. The van der Waals surface area contributed by atoms with Crippen LogP contribution < -0.4 is 0 Å². The fourth-order valence-electron chi connectivity index (χ4n) is 0.624. The molecule has 0 saturated heterocycles. The number of carboxylic acids is 1. The van der Waals surface area contributed by atoms with Gasteiger partial charge in [0.1, 0.15) is 4.90 Å². The molecule has 8 heteroatoms. The fraction of sp³-hybridized carbons (Fsp3) is 0. The maximum Gasteiger partial charge on any atom is 0.371 e. The van der Waals surface area contributed by atoms with Gasteiger partial charge < -0.3 is 9.52 Å². The largest absolute Gasteiger partial charge is 0.475 e. The maximum absolute atomic E-state index is 10.7. The lowest BCUT2D eigenvalue weighted by Crippen LogP contribution is -1.92. The molecule has 0 aromatic carbocycles. The molecule has 13 heavy (non-hydrogen) atoms. The molecule has 0 radical (unpaired) electrons. The van der Waals surface area contributed by atoms with E-state index in [1.54, 1.807) is 0 Å². The van der Waals surface area contributed by atoms with Gasteiger partial charge >= 0.3 is 5.97 Å². The van der Waals surface area contributed by atoms with Gasteiger partial charge in [0.05, 0.1) is 0 Å². The summed E-state index contributed by atoms with van der Waals surface area (Å²) in [4.78, 5) is 9.76. The highest BCUT2D eigenvalue weighted by Crippen LogP contribution is 2.28. The maximum atomic E-state index is 10.7. The van der Waals surface area contributed by atoms with Crippen molar-refractivity contribution in [1.29, 1.82) is 0 Å². The van der Waals surface area contributed by atoms with E-state index < -0.39 is 30.9 Å². The standard InChI is InChI=1S/C5H2Cl2O5S/c6-4-3(13(7,10)11)1-2(12-4)5(8)9/h1H,(H,8,9). The second-order valence-electron chi connectivity index (χ2n) is 1.99. The van der Waals surface area contributed by atoms with Crippen molar-refractivity contribution in [3.63, 3.8) is 0 Å². The Kier molecular flexibility index (Phi) is 2.56. The van der Waals surface area contributed by atoms with Crippen LogP contribution in [-0.2, 0) is 9.05 Å². The summed E-state index contributed by atoms with van der Waals surface area (Å²) >= 11 is 5.28. The van der Waals surface area contributed by atoms with Crippen LogP contribution in [0.15, 0.2) is 15.4 Å². The lowest BCUT2D eigenvalue weighted by molar-refractivity contribution is 0.0662. The number of furan rings is 1. The summed E-state index contributed by atoms with van der Waals surface area (Å²) < 4.78 is 25.8. The Labute approximate surface area is 82.3 Å². The Morgan fingerprint density at radius 1 is 1.54 bits per heavy atom. The van der Waals surface area contributed by atoms with Gasteiger partial charge in [-0.25, -0.2) is 13.2 Å². The molecule has 1 aromatic heterocycles. The summed E-state index contributed by atoms with van der Waals surface area (Å²) in [5.74, 6) is -2.00. The smallest absolute Gasteiger partial charge is 0.371 e. The molecule has 0 aliphatic carbocycles. The Morgan fingerprint density at radius 3 is 2.31 bits per heavy atom. The summed E-state index contributed by atoms with van der Waals surface area (Å²) in [5, 5.41) is 7.84. The molecule has 0 atom stereocenters. The molecule has 5 nitrogen and oxygen atoms in total. The van der Waals surface area contributed by atoms with E-state index >= 15 is 0 Å². The van der Waals surface area contributed by atoms with Crippen LogP contribution in [0.25, 0.3) is 0 Å². The minimum Gasteiger partial charge on any atom is -0.475 e. The van der Waals surface area contributed by atoms with Crippen LogP contribution in [0.1, 0.15) is 10.6 Å². The summed E-state index contributed by atoms with van der Waals surface area (Å²) in [5.41, 5.74) is 0. The average Bonchev–Trinajstić information content (AvgIpc) is 2.29. The van der Waals surface area contributed by atoms with Crippen LogP contribution in [-0.4, -0.2) is 19.5 Å². The molecule has 0 saturated carbocycles. The van der Waals surface area contributed by atoms with Crippen LogP contribution >= 0.6 is 22.3 Å². The highest BCUT2D eigenvalue weighted by atomic mass is 35.7. The summed E-state index contributed by atoms with van der Waals surface area (Å²) in [7, 11) is 0.854. The van der Waals surface area contributed by atoms with Crippen LogP contribution in [0.3, 0.4) is 0 Å². The Balaban J connectivity index is 3.35. The number of hydrogen-bond acceptors (Lipinski definition) is 4. The first-order chi connectivity index (χ1) is 5.82. The molecule has 0 amide bonds. The van der Waals surface area contributed by atoms with E-state index in [2.05, 4.69) is 4.42 Å². The zero-order valence-corrected chi connectivity index (χ0v) is 8.15. The third-order valence-corrected chi connectivity index (χ3v) is 2.85. The predicted octanol–water partition coefficient (Wildman–Crippen LogP) is 1.56. The van der Waals surface area contributed by atoms with E-state index in [1.807, 2.05) is 0 Å². The molecule has 72 valence electrons.